The number of rotatable bonds is 2. The van der Waals surface area contributed by atoms with E-state index in [1.165, 1.54) is 18.6 Å². The SMILES string of the molecule is CC1CCC(N)(Cc2ccc(F)cc2Cl)C1. The number of hydrogen-bond acceptors (Lipinski definition) is 1. The molecule has 1 nitrogen and oxygen atoms in total. The molecular formula is C13H17ClFN. The first-order chi connectivity index (χ1) is 7.48. The third-order valence-corrected chi connectivity index (χ3v) is 3.80. The van der Waals surface area contributed by atoms with Crippen molar-refractivity contribution in [1.29, 1.82) is 0 Å². The van der Waals surface area contributed by atoms with Crippen LogP contribution in [0.15, 0.2) is 18.2 Å². The Bertz CT molecular complexity index is 394. The van der Waals surface area contributed by atoms with Crippen molar-refractivity contribution in [2.45, 2.75) is 38.1 Å². The normalized spacial score (nSPS) is 29.6. The number of halogens is 2. The molecule has 0 aromatic heterocycles. The molecule has 1 aromatic rings. The molecule has 0 amide bonds. The van der Waals surface area contributed by atoms with E-state index in [2.05, 4.69) is 6.92 Å². The van der Waals surface area contributed by atoms with Crippen LogP contribution in [0.2, 0.25) is 5.02 Å². The van der Waals surface area contributed by atoms with Gasteiger partial charge < -0.3 is 5.73 Å². The first-order valence-electron chi connectivity index (χ1n) is 5.71. The zero-order chi connectivity index (χ0) is 11.8. The van der Waals surface area contributed by atoms with Crippen LogP contribution >= 0.6 is 11.6 Å². The molecule has 3 heteroatoms. The molecule has 1 aromatic carbocycles. The second kappa shape index (κ2) is 4.34. The molecule has 0 aliphatic heterocycles. The molecule has 0 saturated heterocycles. The zero-order valence-electron chi connectivity index (χ0n) is 9.47. The first-order valence-corrected chi connectivity index (χ1v) is 6.09. The molecule has 0 spiro atoms. The summed E-state index contributed by atoms with van der Waals surface area (Å²) < 4.78 is 12.9. The Labute approximate surface area is 101 Å². The molecule has 2 rings (SSSR count). The van der Waals surface area contributed by atoms with E-state index in [0.717, 1.165) is 24.8 Å². The molecular weight excluding hydrogens is 225 g/mol. The van der Waals surface area contributed by atoms with Gasteiger partial charge in [-0.2, -0.15) is 0 Å². The van der Waals surface area contributed by atoms with E-state index in [0.29, 0.717) is 10.9 Å². The maximum atomic E-state index is 12.9. The molecule has 1 saturated carbocycles. The predicted molar refractivity (Wildman–Crippen MR) is 65.0 cm³/mol. The highest BCUT2D eigenvalue weighted by atomic mass is 35.5. The first kappa shape index (κ1) is 11.9. The lowest BCUT2D eigenvalue weighted by molar-refractivity contribution is 0.419. The van der Waals surface area contributed by atoms with Gasteiger partial charge in [0.2, 0.25) is 0 Å². The summed E-state index contributed by atoms with van der Waals surface area (Å²) in [5, 5.41) is 0.490. The number of benzene rings is 1. The van der Waals surface area contributed by atoms with Crippen LogP contribution in [0, 0.1) is 11.7 Å². The van der Waals surface area contributed by atoms with Gasteiger partial charge in [-0.15, -0.1) is 0 Å². The van der Waals surface area contributed by atoms with Crippen molar-refractivity contribution in [1.82, 2.24) is 0 Å². The molecule has 0 heterocycles. The fourth-order valence-corrected chi connectivity index (χ4v) is 2.87. The van der Waals surface area contributed by atoms with Crippen molar-refractivity contribution in [2.75, 3.05) is 0 Å². The van der Waals surface area contributed by atoms with Gasteiger partial charge in [0.05, 0.1) is 0 Å². The molecule has 0 bridgehead atoms. The molecule has 2 unspecified atom stereocenters. The van der Waals surface area contributed by atoms with Gasteiger partial charge in [-0.3, -0.25) is 0 Å². The van der Waals surface area contributed by atoms with Gasteiger partial charge in [-0.25, -0.2) is 4.39 Å². The Kier molecular flexibility index (Phi) is 3.22. The third kappa shape index (κ3) is 2.55. The van der Waals surface area contributed by atoms with Gasteiger partial charge in [-0.05, 0) is 49.3 Å². The van der Waals surface area contributed by atoms with Gasteiger partial charge in [0.15, 0.2) is 0 Å². The Morgan fingerprint density at radius 2 is 2.31 bits per heavy atom. The summed E-state index contributed by atoms with van der Waals surface area (Å²) in [4.78, 5) is 0. The maximum absolute atomic E-state index is 12.9. The van der Waals surface area contributed by atoms with E-state index in [9.17, 15) is 4.39 Å². The fraction of sp³-hybridized carbons (Fsp3) is 0.538. The maximum Gasteiger partial charge on any atom is 0.124 e. The van der Waals surface area contributed by atoms with Crippen molar-refractivity contribution in [3.8, 4) is 0 Å². The van der Waals surface area contributed by atoms with E-state index in [4.69, 9.17) is 17.3 Å². The average Bonchev–Trinajstić information content (AvgIpc) is 2.52. The zero-order valence-corrected chi connectivity index (χ0v) is 10.2. The van der Waals surface area contributed by atoms with E-state index >= 15 is 0 Å². The van der Waals surface area contributed by atoms with Gasteiger partial charge in [-0.1, -0.05) is 24.6 Å². The Morgan fingerprint density at radius 1 is 1.56 bits per heavy atom. The summed E-state index contributed by atoms with van der Waals surface area (Å²) in [6.07, 6.45) is 3.98. The highest BCUT2D eigenvalue weighted by molar-refractivity contribution is 6.31. The Hall–Kier alpha value is -0.600. The van der Waals surface area contributed by atoms with Crippen LogP contribution in [0.5, 0.6) is 0 Å². The largest absolute Gasteiger partial charge is 0.325 e. The summed E-state index contributed by atoms with van der Waals surface area (Å²) in [6.45, 7) is 2.22. The average molecular weight is 242 g/mol. The highest BCUT2D eigenvalue weighted by Crippen LogP contribution is 2.36. The lowest BCUT2D eigenvalue weighted by Crippen LogP contribution is -2.39. The van der Waals surface area contributed by atoms with Crippen molar-refractivity contribution in [3.05, 3.63) is 34.6 Å². The fourth-order valence-electron chi connectivity index (χ4n) is 2.64. The van der Waals surface area contributed by atoms with Crippen molar-refractivity contribution in [2.24, 2.45) is 11.7 Å². The van der Waals surface area contributed by atoms with Crippen molar-refractivity contribution in [3.63, 3.8) is 0 Å². The lowest BCUT2D eigenvalue weighted by Gasteiger charge is -2.24. The summed E-state index contributed by atoms with van der Waals surface area (Å²) in [5.41, 5.74) is 7.14. The van der Waals surface area contributed by atoms with Crippen LogP contribution in [0.1, 0.15) is 31.7 Å². The van der Waals surface area contributed by atoms with Crippen LogP contribution in [-0.2, 0) is 6.42 Å². The van der Waals surface area contributed by atoms with Crippen LogP contribution in [0.25, 0.3) is 0 Å². The number of hydrogen-bond donors (Lipinski definition) is 1. The van der Waals surface area contributed by atoms with E-state index in [-0.39, 0.29) is 11.4 Å². The molecule has 2 atom stereocenters. The quantitative estimate of drug-likeness (QED) is 0.842. The summed E-state index contributed by atoms with van der Waals surface area (Å²) in [7, 11) is 0. The third-order valence-electron chi connectivity index (χ3n) is 3.45. The molecule has 2 N–H and O–H groups in total. The highest BCUT2D eigenvalue weighted by Gasteiger charge is 2.34. The minimum Gasteiger partial charge on any atom is -0.325 e. The second-order valence-electron chi connectivity index (χ2n) is 5.12. The predicted octanol–water partition coefficient (Wildman–Crippen LogP) is 3.54. The summed E-state index contributed by atoms with van der Waals surface area (Å²) >= 11 is 6.01. The monoisotopic (exact) mass is 241 g/mol. The molecule has 16 heavy (non-hydrogen) atoms. The van der Waals surface area contributed by atoms with Crippen molar-refractivity contribution < 1.29 is 4.39 Å². The van der Waals surface area contributed by atoms with Gasteiger partial charge in [0.25, 0.3) is 0 Å². The van der Waals surface area contributed by atoms with Crippen LogP contribution < -0.4 is 5.73 Å². The van der Waals surface area contributed by atoms with Crippen LogP contribution in [-0.4, -0.2) is 5.54 Å². The van der Waals surface area contributed by atoms with E-state index in [1.54, 1.807) is 6.07 Å². The molecule has 1 aliphatic rings. The van der Waals surface area contributed by atoms with Crippen LogP contribution in [0.3, 0.4) is 0 Å². The van der Waals surface area contributed by atoms with E-state index < -0.39 is 0 Å². The lowest BCUT2D eigenvalue weighted by atomic mass is 9.89. The van der Waals surface area contributed by atoms with Gasteiger partial charge in [0, 0.05) is 10.6 Å². The minimum atomic E-state index is -0.292. The number of nitrogens with two attached hydrogens (primary N) is 1. The molecule has 1 aliphatic carbocycles. The summed E-state index contributed by atoms with van der Waals surface area (Å²) in [6, 6.07) is 4.55. The molecule has 0 radical (unpaired) electrons. The van der Waals surface area contributed by atoms with E-state index in [1.807, 2.05) is 0 Å². The second-order valence-corrected chi connectivity index (χ2v) is 5.53. The minimum absolute atomic E-state index is 0.152. The standard InChI is InChI=1S/C13H17ClFN/c1-9-4-5-13(16,7-9)8-10-2-3-11(15)6-12(10)14/h2-3,6,9H,4-5,7-8,16H2,1H3. The van der Waals surface area contributed by atoms with Gasteiger partial charge >= 0.3 is 0 Å². The van der Waals surface area contributed by atoms with Gasteiger partial charge in [0.1, 0.15) is 5.82 Å². The Balaban J connectivity index is 2.14. The topological polar surface area (TPSA) is 26.0 Å². The summed E-state index contributed by atoms with van der Waals surface area (Å²) in [5.74, 6) is 0.392. The van der Waals surface area contributed by atoms with Crippen LogP contribution in [0.4, 0.5) is 4.39 Å². The smallest absolute Gasteiger partial charge is 0.124 e. The van der Waals surface area contributed by atoms with Crippen molar-refractivity contribution >= 4 is 11.6 Å². The molecule has 88 valence electrons. The molecule has 1 fully saturated rings. The Morgan fingerprint density at radius 3 is 2.88 bits per heavy atom.